The van der Waals surface area contributed by atoms with Gasteiger partial charge < -0.3 is 27.9 Å². The van der Waals surface area contributed by atoms with Crippen LogP contribution in [0.3, 0.4) is 0 Å². The molecule has 0 saturated heterocycles. The number of carbonyl (C=O) groups is 2. The van der Waals surface area contributed by atoms with E-state index in [0.29, 0.717) is 17.4 Å². The van der Waals surface area contributed by atoms with Crippen LogP contribution in [0, 0.1) is 0 Å². The summed E-state index contributed by atoms with van der Waals surface area (Å²) in [7, 11) is 1.14. The number of allylic oxidation sites excluding steroid dienone is 36. The van der Waals surface area contributed by atoms with Crippen molar-refractivity contribution in [2.45, 2.75) is 290 Å². The average Bonchev–Trinajstić information content (AvgIpc) is 1.07. The van der Waals surface area contributed by atoms with E-state index in [0.717, 1.165) is 173 Å². The zero-order chi connectivity index (χ0) is 72.5. The summed E-state index contributed by atoms with van der Waals surface area (Å²) in [6, 6.07) is 0. The Kier molecular flexibility index (Phi) is 73.1. The molecule has 0 spiro atoms. The normalized spacial score (nSPS) is 14.3. The van der Waals surface area contributed by atoms with E-state index in [1.807, 2.05) is 21.1 Å². The summed E-state index contributed by atoms with van der Waals surface area (Å²) in [6.07, 6.45) is 123. The summed E-state index contributed by atoms with van der Waals surface area (Å²) in [5.41, 5.74) is 0. The number of ether oxygens (including phenoxy) is 2. The Morgan fingerprint density at radius 3 is 0.800 bits per heavy atom. The van der Waals surface area contributed by atoms with Crippen LogP contribution in [0.25, 0.3) is 0 Å². The molecule has 0 aromatic heterocycles. The van der Waals surface area contributed by atoms with Crippen molar-refractivity contribution < 1.29 is 42.1 Å². The van der Waals surface area contributed by atoms with E-state index in [2.05, 4.69) is 233 Å². The molecule has 0 bridgehead atoms. The van der Waals surface area contributed by atoms with Crippen LogP contribution in [-0.4, -0.2) is 70.0 Å². The lowest BCUT2D eigenvalue weighted by Crippen LogP contribution is -2.37. The Hall–Kier alpha value is -5.67. The summed E-state index contributed by atoms with van der Waals surface area (Å²) in [6.45, 7) is 3.99. The molecule has 562 valence electrons. The fraction of sp³-hybridized carbons (Fsp3) is 0.578. The summed E-state index contributed by atoms with van der Waals surface area (Å²) < 4.78 is 34.4. The van der Waals surface area contributed by atoms with Crippen molar-refractivity contribution in [3.63, 3.8) is 0 Å². The minimum absolute atomic E-state index is 0.0435. The average molecular weight is 1400 g/mol. The van der Waals surface area contributed by atoms with Crippen molar-refractivity contribution in [2.24, 2.45) is 0 Å². The summed E-state index contributed by atoms with van der Waals surface area (Å²) in [4.78, 5) is 38.2. The van der Waals surface area contributed by atoms with E-state index in [1.165, 1.54) is 77.0 Å². The zero-order valence-corrected chi connectivity index (χ0v) is 64.9. The highest BCUT2D eigenvalue weighted by Gasteiger charge is 2.22. The number of unbranched alkanes of at least 4 members (excludes halogenated alkanes) is 20. The highest BCUT2D eigenvalue weighted by atomic mass is 31.2. The molecule has 0 aromatic carbocycles. The van der Waals surface area contributed by atoms with Crippen LogP contribution in [0.15, 0.2) is 219 Å². The molecular formula is C90H144NO8P. The number of rotatable bonds is 70. The molecule has 0 saturated carbocycles. The highest BCUT2D eigenvalue weighted by molar-refractivity contribution is 7.45. The molecule has 0 aliphatic heterocycles. The zero-order valence-electron chi connectivity index (χ0n) is 64.0. The molecule has 0 amide bonds. The molecule has 9 nitrogen and oxygen atoms in total. The third-order valence-electron chi connectivity index (χ3n) is 16.0. The van der Waals surface area contributed by atoms with Gasteiger partial charge >= 0.3 is 11.9 Å². The van der Waals surface area contributed by atoms with Crippen molar-refractivity contribution in [1.29, 1.82) is 0 Å². The number of hydrogen-bond donors (Lipinski definition) is 0. The maximum absolute atomic E-state index is 12.9. The van der Waals surface area contributed by atoms with Crippen LogP contribution in [0.1, 0.15) is 284 Å². The summed E-state index contributed by atoms with van der Waals surface area (Å²) in [5.74, 6) is -0.856. The van der Waals surface area contributed by atoms with Gasteiger partial charge in [0, 0.05) is 12.8 Å². The first-order chi connectivity index (χ1) is 49.0. The maximum atomic E-state index is 12.9. The SMILES string of the molecule is CC/C=C\C/C=C\C/C=C\C/C=C\C/C=C\C/C=C\C/C=C\C/C=C\C/C=C\C/C=C\CCCCCCCCCCC(=O)OC(COC(=O)CCCCCCCCCCCCCC/C=C\C/C=C\C/C=C\C/C=C\C/C=C\C/C=C\C/C=C\C/C=C\CC)COP(=O)([O-])OCC[N+](C)(C)C. The second-order valence-corrected chi connectivity index (χ2v) is 28.0. The minimum atomic E-state index is -4.66. The number of phosphoric acid groups is 1. The first-order valence-electron chi connectivity index (χ1n) is 39.4. The van der Waals surface area contributed by atoms with Crippen molar-refractivity contribution in [3.8, 4) is 0 Å². The van der Waals surface area contributed by atoms with Crippen molar-refractivity contribution in [1.82, 2.24) is 0 Å². The quantitative estimate of drug-likeness (QED) is 0.0195. The first kappa shape index (κ1) is 94.3. The number of nitrogens with zero attached hydrogens (tertiary/aromatic N) is 1. The van der Waals surface area contributed by atoms with Crippen LogP contribution >= 0.6 is 7.82 Å². The fourth-order valence-corrected chi connectivity index (χ4v) is 10.8. The maximum Gasteiger partial charge on any atom is 0.306 e. The predicted molar refractivity (Wildman–Crippen MR) is 433 cm³/mol. The molecule has 100 heavy (non-hydrogen) atoms. The van der Waals surface area contributed by atoms with Crippen LogP contribution in [0.5, 0.6) is 0 Å². The Morgan fingerprint density at radius 2 is 0.540 bits per heavy atom. The van der Waals surface area contributed by atoms with Crippen molar-refractivity contribution >= 4 is 19.8 Å². The number of phosphoric ester groups is 1. The van der Waals surface area contributed by atoms with E-state index in [-0.39, 0.29) is 26.1 Å². The van der Waals surface area contributed by atoms with Gasteiger partial charge in [0.1, 0.15) is 19.8 Å². The van der Waals surface area contributed by atoms with Gasteiger partial charge in [0.25, 0.3) is 7.82 Å². The number of hydrogen-bond acceptors (Lipinski definition) is 8. The van der Waals surface area contributed by atoms with Crippen LogP contribution in [0.4, 0.5) is 0 Å². The molecule has 2 unspecified atom stereocenters. The molecule has 0 fully saturated rings. The molecule has 0 N–H and O–H groups in total. The van der Waals surface area contributed by atoms with Gasteiger partial charge in [-0.1, -0.05) is 335 Å². The third kappa shape index (κ3) is 81.3. The largest absolute Gasteiger partial charge is 0.756 e. The van der Waals surface area contributed by atoms with Gasteiger partial charge in [0.2, 0.25) is 0 Å². The van der Waals surface area contributed by atoms with Gasteiger partial charge in [-0.3, -0.25) is 14.2 Å². The Bertz CT molecular complexity index is 2500. The van der Waals surface area contributed by atoms with Crippen molar-refractivity contribution in [2.75, 3.05) is 47.5 Å². The van der Waals surface area contributed by atoms with Crippen LogP contribution < -0.4 is 4.89 Å². The molecule has 2 atom stereocenters. The Balaban J connectivity index is 4.11. The lowest BCUT2D eigenvalue weighted by atomic mass is 10.0. The van der Waals surface area contributed by atoms with Gasteiger partial charge in [-0.2, -0.15) is 0 Å². The molecule has 0 aliphatic carbocycles. The predicted octanol–water partition coefficient (Wildman–Crippen LogP) is 26.1. The molecule has 0 heterocycles. The second kappa shape index (κ2) is 77.5. The van der Waals surface area contributed by atoms with Crippen molar-refractivity contribution in [3.05, 3.63) is 219 Å². The number of likely N-dealkylation sites (N-methyl/N-ethyl adjacent to an activating group) is 1. The summed E-state index contributed by atoms with van der Waals surface area (Å²) >= 11 is 0. The molecule has 0 aliphatic rings. The van der Waals surface area contributed by atoms with E-state index in [1.54, 1.807) is 0 Å². The highest BCUT2D eigenvalue weighted by Crippen LogP contribution is 2.38. The fourth-order valence-electron chi connectivity index (χ4n) is 10.1. The molecule has 10 heteroatoms. The lowest BCUT2D eigenvalue weighted by molar-refractivity contribution is -0.870. The molecule has 0 radical (unpaired) electrons. The summed E-state index contributed by atoms with van der Waals surface area (Å²) in [5, 5.41) is 0. The van der Waals surface area contributed by atoms with Gasteiger partial charge in [0.15, 0.2) is 6.10 Å². The standard InChI is InChI=1S/C90H144NO8P/c1-6-8-10-12-14-16-18-20-22-24-26-28-30-32-34-36-38-40-42-44-45-47-49-51-53-55-57-59-61-63-65-67-69-71-73-75-77-79-81-83-90(93)99-88(87-98-100(94,95)97-85-84-91(3,4)5)86-96-89(92)82-80-78-76-74-72-70-68-66-64-62-60-58-56-54-52-50-48-46-43-41-39-37-35-33-31-29-27-25-23-21-19-17-15-13-11-9-7-2/h8-11,14-17,20-23,26-29,32-35,38-41,44-46,48-49,51-52,54-55,57,61,63,88H,6-7,12-13,18-19,24-25,30-31,36-37,42-43,47,50,53,56,58-60,62,64-87H2,1-5H3/b10-8-,11-9-,16-14-,17-15-,22-20-,23-21-,28-26-,29-27-,34-32-,35-33-,40-38-,41-39-,45-44-,48-46-,51-49-,54-52-,57-55-,63-61-. The topological polar surface area (TPSA) is 111 Å². The van der Waals surface area contributed by atoms with E-state index >= 15 is 0 Å². The lowest BCUT2D eigenvalue weighted by Gasteiger charge is -2.28. The smallest absolute Gasteiger partial charge is 0.306 e. The van der Waals surface area contributed by atoms with Crippen LogP contribution in [-0.2, 0) is 32.7 Å². The van der Waals surface area contributed by atoms with Gasteiger partial charge in [-0.25, -0.2) is 0 Å². The van der Waals surface area contributed by atoms with Gasteiger partial charge in [-0.15, -0.1) is 0 Å². The van der Waals surface area contributed by atoms with Crippen LogP contribution in [0.2, 0.25) is 0 Å². The first-order valence-corrected chi connectivity index (χ1v) is 40.9. The molecular weight excluding hydrogens is 1250 g/mol. The third-order valence-corrected chi connectivity index (χ3v) is 17.0. The minimum Gasteiger partial charge on any atom is -0.756 e. The molecule has 0 aromatic rings. The number of quaternary nitrogens is 1. The van der Waals surface area contributed by atoms with E-state index in [4.69, 9.17) is 18.5 Å². The Labute approximate surface area is 614 Å². The number of carbonyl (C=O) groups excluding carboxylic acids is 2. The number of esters is 2. The van der Waals surface area contributed by atoms with Gasteiger partial charge in [0.05, 0.1) is 27.7 Å². The Morgan fingerprint density at radius 1 is 0.310 bits per heavy atom. The van der Waals surface area contributed by atoms with Gasteiger partial charge in [-0.05, 0) is 154 Å². The molecule has 0 rings (SSSR count). The van der Waals surface area contributed by atoms with E-state index in [9.17, 15) is 19.0 Å². The monoisotopic (exact) mass is 1400 g/mol. The van der Waals surface area contributed by atoms with E-state index < -0.39 is 32.5 Å². The second-order valence-electron chi connectivity index (χ2n) is 26.6.